The first kappa shape index (κ1) is 25.2. The van der Waals surface area contributed by atoms with E-state index >= 15 is 0 Å². The summed E-state index contributed by atoms with van der Waals surface area (Å²) in [5.41, 5.74) is 4.94. The molecule has 5 atom stereocenters. The number of rotatable bonds is 9. The Morgan fingerprint density at radius 2 is 1.49 bits per heavy atom. The normalized spacial score (nSPS) is 28.3. The van der Waals surface area contributed by atoms with E-state index in [1.54, 1.807) is 24.3 Å². The number of benzene rings is 3. The fourth-order valence-electron chi connectivity index (χ4n) is 4.13. The largest absolute Gasteiger partial charge is 0.387 e. The monoisotopic (exact) mass is 493 g/mol. The summed E-state index contributed by atoms with van der Waals surface area (Å²) >= 11 is 1.10. The second kappa shape index (κ2) is 11.2. The predicted molar refractivity (Wildman–Crippen MR) is 132 cm³/mol. The highest BCUT2D eigenvalue weighted by atomic mass is 32.2. The fraction of sp³-hybridized carbons (Fsp3) is 0.308. The number of aliphatic hydroxyl groups excluding tert-OH is 1. The van der Waals surface area contributed by atoms with Crippen LogP contribution in [0, 0.1) is 0 Å². The van der Waals surface area contributed by atoms with Gasteiger partial charge in [-0.2, -0.15) is 0 Å². The molecule has 3 aromatic carbocycles. The zero-order chi connectivity index (χ0) is 24.7. The molecule has 4 rings (SSSR count). The van der Waals surface area contributed by atoms with Gasteiger partial charge >= 0.3 is 0 Å². The van der Waals surface area contributed by atoms with Crippen LogP contribution < -0.4 is 0 Å². The van der Waals surface area contributed by atoms with Gasteiger partial charge in [-0.05, 0) is 28.8 Å². The van der Waals surface area contributed by atoms with E-state index in [0.717, 1.165) is 22.2 Å². The van der Waals surface area contributed by atoms with E-state index in [0.29, 0.717) is 5.56 Å². The number of hydrogen-bond acceptors (Lipinski definition) is 7. The molecule has 0 radical (unpaired) electrons. The van der Waals surface area contributed by atoms with Crippen LogP contribution >= 0.6 is 11.8 Å². The third kappa shape index (κ3) is 5.52. The first-order valence-corrected chi connectivity index (χ1v) is 12.1. The predicted octanol–water partition coefficient (Wildman–Crippen LogP) is 4.05. The fourth-order valence-corrected chi connectivity index (χ4v) is 5.31. The second-order valence-electron chi connectivity index (χ2n) is 8.39. The van der Waals surface area contributed by atoms with E-state index in [9.17, 15) is 20.9 Å². The Balaban J connectivity index is 1.66. The van der Waals surface area contributed by atoms with Crippen LogP contribution in [0.25, 0.3) is 10.4 Å². The van der Waals surface area contributed by atoms with Crippen molar-refractivity contribution >= 4 is 11.8 Å². The lowest BCUT2D eigenvalue weighted by atomic mass is 9.76. The van der Waals surface area contributed by atoms with Gasteiger partial charge in [-0.15, -0.1) is 0 Å². The maximum absolute atomic E-state index is 11.9. The Morgan fingerprint density at radius 3 is 2.09 bits per heavy atom. The van der Waals surface area contributed by atoms with Gasteiger partial charge in [0.25, 0.3) is 0 Å². The Kier molecular flexibility index (Phi) is 8.10. The van der Waals surface area contributed by atoms with Crippen LogP contribution in [0.3, 0.4) is 0 Å². The molecule has 1 saturated heterocycles. The third-order valence-corrected chi connectivity index (χ3v) is 7.20. The van der Waals surface area contributed by atoms with Crippen molar-refractivity contribution in [3.05, 3.63) is 113 Å². The first-order valence-electron chi connectivity index (χ1n) is 11.2. The number of hydrogen-bond donors (Lipinski definition) is 3. The number of azide groups is 1. The van der Waals surface area contributed by atoms with Crippen molar-refractivity contribution in [3.63, 3.8) is 0 Å². The van der Waals surface area contributed by atoms with E-state index in [1.165, 1.54) is 0 Å². The lowest BCUT2D eigenvalue weighted by molar-refractivity contribution is -0.300. The highest BCUT2D eigenvalue weighted by Crippen LogP contribution is 2.47. The van der Waals surface area contributed by atoms with E-state index in [4.69, 9.17) is 9.47 Å². The molecule has 0 aromatic heterocycles. The van der Waals surface area contributed by atoms with Crippen molar-refractivity contribution in [2.24, 2.45) is 5.11 Å². The third-order valence-electron chi connectivity index (χ3n) is 6.00. The van der Waals surface area contributed by atoms with Gasteiger partial charge in [0.15, 0.2) is 0 Å². The first-order chi connectivity index (χ1) is 17.0. The molecule has 35 heavy (non-hydrogen) atoms. The molecule has 1 fully saturated rings. The quantitative estimate of drug-likeness (QED) is 0.234. The van der Waals surface area contributed by atoms with Gasteiger partial charge in [-0.1, -0.05) is 95.7 Å². The molecule has 0 saturated carbocycles. The summed E-state index contributed by atoms with van der Waals surface area (Å²) in [6.45, 7) is 0.229. The average molecular weight is 494 g/mol. The van der Waals surface area contributed by atoms with Crippen LogP contribution in [0.1, 0.15) is 11.1 Å². The summed E-state index contributed by atoms with van der Waals surface area (Å²) in [4.78, 5) is 3.53. The molecule has 8 nitrogen and oxygen atoms in total. The smallest absolute Gasteiger partial charge is 0.211 e. The van der Waals surface area contributed by atoms with Crippen molar-refractivity contribution in [3.8, 4) is 0 Å². The SMILES string of the molecule is [N-]=[N+]=N[C@]1(O)[C@H](Sc2ccccc2)O[C@H](COCc2ccccc2)[C@@H](O)[C@@]1(O)Cc1ccccc1. The zero-order valence-electron chi connectivity index (χ0n) is 18.9. The van der Waals surface area contributed by atoms with Gasteiger partial charge in [0.1, 0.15) is 23.2 Å². The maximum atomic E-state index is 11.9. The summed E-state index contributed by atoms with van der Waals surface area (Å²) < 4.78 is 11.9. The molecule has 0 unspecified atom stereocenters. The topological polar surface area (TPSA) is 128 Å². The molecule has 1 aliphatic heterocycles. The molecule has 0 bridgehead atoms. The molecule has 1 heterocycles. The van der Waals surface area contributed by atoms with Gasteiger partial charge in [0, 0.05) is 16.2 Å². The minimum atomic E-state index is -2.48. The molecule has 0 amide bonds. The highest BCUT2D eigenvalue weighted by Gasteiger charge is 2.65. The van der Waals surface area contributed by atoms with Crippen LogP contribution in [0.4, 0.5) is 0 Å². The molecular weight excluding hydrogens is 466 g/mol. The van der Waals surface area contributed by atoms with Gasteiger partial charge in [-0.3, -0.25) is 0 Å². The Labute approximate surface area is 207 Å². The lowest BCUT2D eigenvalue weighted by Gasteiger charge is -2.53. The Hall–Kier alpha value is -2.88. The summed E-state index contributed by atoms with van der Waals surface area (Å²) in [5.74, 6) is 0. The van der Waals surface area contributed by atoms with Crippen molar-refractivity contribution in [1.29, 1.82) is 0 Å². The van der Waals surface area contributed by atoms with E-state index in [-0.39, 0.29) is 19.6 Å². The van der Waals surface area contributed by atoms with Crippen LogP contribution in [0.15, 0.2) is 101 Å². The molecule has 3 N–H and O–H groups in total. The Bertz CT molecular complexity index is 1130. The molecule has 3 aromatic rings. The summed E-state index contributed by atoms with van der Waals surface area (Å²) in [6.07, 6.45) is -2.78. The van der Waals surface area contributed by atoms with Crippen molar-refractivity contribution in [2.45, 2.75) is 46.9 Å². The zero-order valence-corrected chi connectivity index (χ0v) is 19.7. The lowest BCUT2D eigenvalue weighted by Crippen LogP contribution is -2.73. The molecule has 182 valence electrons. The Morgan fingerprint density at radius 1 is 0.914 bits per heavy atom. The summed E-state index contributed by atoms with van der Waals surface area (Å²) in [6, 6.07) is 27.6. The summed E-state index contributed by atoms with van der Waals surface area (Å²) in [5, 5.41) is 38.4. The van der Waals surface area contributed by atoms with Crippen LogP contribution in [-0.4, -0.2) is 50.9 Å². The van der Waals surface area contributed by atoms with Gasteiger partial charge in [-0.25, -0.2) is 0 Å². The van der Waals surface area contributed by atoms with Crippen molar-refractivity contribution in [1.82, 2.24) is 0 Å². The number of thioether (sulfide) groups is 1. The van der Waals surface area contributed by atoms with Gasteiger partial charge in [0.05, 0.1) is 13.2 Å². The van der Waals surface area contributed by atoms with E-state index < -0.39 is 29.0 Å². The number of ether oxygens (including phenoxy) is 2. The summed E-state index contributed by atoms with van der Waals surface area (Å²) in [7, 11) is 0. The average Bonchev–Trinajstić information content (AvgIpc) is 2.88. The minimum absolute atomic E-state index is 0.0502. The van der Waals surface area contributed by atoms with E-state index in [1.807, 2.05) is 66.7 Å². The van der Waals surface area contributed by atoms with E-state index in [2.05, 4.69) is 10.0 Å². The van der Waals surface area contributed by atoms with Crippen molar-refractivity contribution < 1.29 is 24.8 Å². The maximum Gasteiger partial charge on any atom is 0.211 e. The molecule has 9 heteroatoms. The number of nitrogens with zero attached hydrogens (tertiary/aromatic N) is 3. The second-order valence-corrected chi connectivity index (χ2v) is 9.52. The van der Waals surface area contributed by atoms with Crippen LogP contribution in [0.5, 0.6) is 0 Å². The van der Waals surface area contributed by atoms with Crippen molar-refractivity contribution in [2.75, 3.05) is 6.61 Å². The van der Waals surface area contributed by atoms with Gasteiger partial charge < -0.3 is 24.8 Å². The van der Waals surface area contributed by atoms with Crippen LogP contribution in [-0.2, 0) is 22.5 Å². The molecular formula is C26H27N3O5S. The van der Waals surface area contributed by atoms with Gasteiger partial charge in [0.2, 0.25) is 5.72 Å². The van der Waals surface area contributed by atoms with Crippen LogP contribution in [0.2, 0.25) is 0 Å². The molecule has 1 aliphatic rings. The minimum Gasteiger partial charge on any atom is -0.387 e. The molecule has 0 spiro atoms. The number of aliphatic hydroxyl groups is 3. The highest BCUT2D eigenvalue weighted by molar-refractivity contribution is 7.99. The standard InChI is InChI=1S/C26H27N3O5S/c27-29-28-26(32)24(35-21-14-8-3-9-15-21)34-22(18-33-17-20-12-6-2-7-13-20)23(30)25(26,31)16-19-10-4-1-5-11-19/h1-15,22-24,30-32H,16-18H2/t22-,23-,24+,25+,26+/m1/s1. The molecule has 0 aliphatic carbocycles.